The molecule has 1 amide bonds. The fourth-order valence-corrected chi connectivity index (χ4v) is 2.63. The van der Waals surface area contributed by atoms with Gasteiger partial charge in [-0.15, -0.1) is 0 Å². The lowest BCUT2D eigenvalue weighted by Crippen LogP contribution is -2.31. The number of carbonyl (C=O) groups is 1. The van der Waals surface area contributed by atoms with Crippen LogP contribution < -0.4 is 10.6 Å². The molecule has 0 saturated carbocycles. The number of hydrogen-bond donors (Lipinski definition) is 1. The number of rotatable bonds is 2. The van der Waals surface area contributed by atoms with Crippen LogP contribution in [0.2, 0.25) is 5.02 Å². The average Bonchev–Trinajstić information content (AvgIpc) is 2.64. The second kappa shape index (κ2) is 4.89. The van der Waals surface area contributed by atoms with Crippen molar-refractivity contribution in [2.75, 3.05) is 4.90 Å². The summed E-state index contributed by atoms with van der Waals surface area (Å²) in [7, 11) is 0. The molecular weight excluding hydrogens is 279 g/mol. The summed E-state index contributed by atoms with van der Waals surface area (Å²) in [5, 5.41) is 0.609. The molecule has 102 valence electrons. The van der Waals surface area contributed by atoms with Crippen molar-refractivity contribution in [1.29, 1.82) is 0 Å². The van der Waals surface area contributed by atoms with Gasteiger partial charge in [-0.25, -0.2) is 4.39 Å². The SMILES string of the molecule is N[C@H]1C(=O)N(Cc2cccc(Cl)c2)c2ccc(F)cc21. The number of nitrogens with two attached hydrogens (primary N) is 1. The van der Waals surface area contributed by atoms with Crippen LogP contribution in [0, 0.1) is 5.82 Å². The van der Waals surface area contributed by atoms with Gasteiger partial charge in [-0.05, 0) is 35.9 Å². The van der Waals surface area contributed by atoms with Crippen LogP contribution in [0.3, 0.4) is 0 Å². The Labute approximate surface area is 120 Å². The topological polar surface area (TPSA) is 46.3 Å². The van der Waals surface area contributed by atoms with Crippen LogP contribution in [-0.2, 0) is 11.3 Å². The Hall–Kier alpha value is -1.91. The van der Waals surface area contributed by atoms with E-state index in [9.17, 15) is 9.18 Å². The molecule has 0 aliphatic carbocycles. The second-order valence-corrected chi connectivity index (χ2v) is 5.17. The summed E-state index contributed by atoms with van der Waals surface area (Å²) in [6.07, 6.45) is 0. The maximum absolute atomic E-state index is 13.3. The molecule has 0 radical (unpaired) electrons. The summed E-state index contributed by atoms with van der Waals surface area (Å²) >= 11 is 5.94. The average molecular weight is 291 g/mol. The molecule has 1 heterocycles. The molecule has 1 aliphatic rings. The van der Waals surface area contributed by atoms with E-state index >= 15 is 0 Å². The van der Waals surface area contributed by atoms with Crippen molar-refractivity contribution in [1.82, 2.24) is 0 Å². The number of anilines is 1. The molecule has 1 aliphatic heterocycles. The summed E-state index contributed by atoms with van der Waals surface area (Å²) in [4.78, 5) is 13.8. The first-order valence-corrected chi connectivity index (χ1v) is 6.55. The second-order valence-electron chi connectivity index (χ2n) is 4.74. The van der Waals surface area contributed by atoms with E-state index in [2.05, 4.69) is 0 Å². The third-order valence-electron chi connectivity index (χ3n) is 3.38. The minimum atomic E-state index is -0.806. The van der Waals surface area contributed by atoms with Crippen molar-refractivity contribution >= 4 is 23.2 Å². The molecule has 0 aromatic heterocycles. The third kappa shape index (κ3) is 2.17. The quantitative estimate of drug-likeness (QED) is 0.924. The number of nitrogens with zero attached hydrogens (tertiary/aromatic N) is 1. The smallest absolute Gasteiger partial charge is 0.248 e. The van der Waals surface area contributed by atoms with Gasteiger partial charge in [0.2, 0.25) is 5.91 Å². The largest absolute Gasteiger partial charge is 0.316 e. The van der Waals surface area contributed by atoms with Crippen LogP contribution >= 0.6 is 11.6 Å². The zero-order valence-electron chi connectivity index (χ0n) is 10.5. The first-order valence-electron chi connectivity index (χ1n) is 6.17. The lowest BCUT2D eigenvalue weighted by Gasteiger charge is -2.17. The van der Waals surface area contributed by atoms with Gasteiger partial charge < -0.3 is 10.6 Å². The lowest BCUT2D eigenvalue weighted by atomic mass is 10.1. The fraction of sp³-hybridized carbons (Fsp3) is 0.133. The van der Waals surface area contributed by atoms with Crippen molar-refractivity contribution in [2.24, 2.45) is 5.73 Å². The zero-order chi connectivity index (χ0) is 14.3. The molecule has 0 spiro atoms. The van der Waals surface area contributed by atoms with Crippen molar-refractivity contribution in [2.45, 2.75) is 12.6 Å². The molecule has 0 fully saturated rings. The molecule has 0 unspecified atom stereocenters. The number of amides is 1. The van der Waals surface area contributed by atoms with E-state index in [4.69, 9.17) is 17.3 Å². The van der Waals surface area contributed by atoms with Crippen LogP contribution in [0.15, 0.2) is 42.5 Å². The van der Waals surface area contributed by atoms with Gasteiger partial charge in [0.25, 0.3) is 0 Å². The normalized spacial score (nSPS) is 17.4. The van der Waals surface area contributed by atoms with Gasteiger partial charge in [-0.3, -0.25) is 4.79 Å². The van der Waals surface area contributed by atoms with E-state index in [0.717, 1.165) is 5.56 Å². The summed E-state index contributed by atoms with van der Waals surface area (Å²) < 4.78 is 13.3. The summed E-state index contributed by atoms with van der Waals surface area (Å²) in [5.41, 5.74) is 7.93. The molecular formula is C15H12ClFN2O. The highest BCUT2D eigenvalue weighted by atomic mass is 35.5. The summed E-state index contributed by atoms with van der Waals surface area (Å²) in [6.45, 7) is 0.367. The van der Waals surface area contributed by atoms with Crippen LogP contribution in [0.4, 0.5) is 10.1 Å². The standard InChI is InChI=1S/C15H12ClFN2O/c16-10-3-1-2-9(6-10)8-19-13-5-4-11(17)7-12(13)14(18)15(19)20/h1-7,14H,8,18H2/t14-/m1/s1. The van der Waals surface area contributed by atoms with Crippen molar-refractivity contribution in [3.05, 3.63) is 64.4 Å². The molecule has 1 atom stereocenters. The van der Waals surface area contributed by atoms with Gasteiger partial charge in [-0.1, -0.05) is 23.7 Å². The predicted octanol–water partition coefficient (Wildman–Crippen LogP) is 3.03. The maximum Gasteiger partial charge on any atom is 0.248 e. The minimum Gasteiger partial charge on any atom is -0.316 e. The van der Waals surface area contributed by atoms with Gasteiger partial charge in [0, 0.05) is 16.3 Å². The maximum atomic E-state index is 13.3. The Bertz CT molecular complexity index is 689. The number of benzene rings is 2. The molecule has 20 heavy (non-hydrogen) atoms. The van der Waals surface area contributed by atoms with Crippen LogP contribution in [-0.4, -0.2) is 5.91 Å². The molecule has 0 bridgehead atoms. The molecule has 0 saturated heterocycles. The zero-order valence-corrected chi connectivity index (χ0v) is 11.3. The van der Waals surface area contributed by atoms with Crippen molar-refractivity contribution < 1.29 is 9.18 Å². The van der Waals surface area contributed by atoms with Gasteiger partial charge in [0.05, 0.1) is 6.54 Å². The Morgan fingerprint density at radius 1 is 1.25 bits per heavy atom. The van der Waals surface area contributed by atoms with Gasteiger partial charge in [-0.2, -0.15) is 0 Å². The van der Waals surface area contributed by atoms with E-state index in [1.807, 2.05) is 12.1 Å². The van der Waals surface area contributed by atoms with Gasteiger partial charge in [0.1, 0.15) is 11.9 Å². The highest BCUT2D eigenvalue weighted by Gasteiger charge is 2.34. The van der Waals surface area contributed by atoms with E-state index in [1.54, 1.807) is 23.1 Å². The van der Waals surface area contributed by atoms with Crippen LogP contribution in [0.25, 0.3) is 0 Å². The monoisotopic (exact) mass is 290 g/mol. The number of hydrogen-bond acceptors (Lipinski definition) is 2. The van der Waals surface area contributed by atoms with Crippen LogP contribution in [0.1, 0.15) is 17.2 Å². The Morgan fingerprint density at radius 3 is 2.80 bits per heavy atom. The van der Waals surface area contributed by atoms with Crippen molar-refractivity contribution in [3.8, 4) is 0 Å². The number of halogens is 2. The molecule has 2 aromatic rings. The van der Waals surface area contributed by atoms with Gasteiger partial charge >= 0.3 is 0 Å². The predicted molar refractivity (Wildman–Crippen MR) is 76.0 cm³/mol. The molecule has 5 heteroatoms. The first kappa shape index (κ1) is 13.1. The molecule has 3 rings (SSSR count). The minimum absolute atomic E-state index is 0.231. The van der Waals surface area contributed by atoms with E-state index < -0.39 is 11.9 Å². The summed E-state index contributed by atoms with van der Waals surface area (Å²) in [5.74, 6) is -0.623. The highest BCUT2D eigenvalue weighted by molar-refractivity contribution is 6.30. The number of fused-ring (bicyclic) bond motifs is 1. The first-order chi connectivity index (χ1) is 9.56. The van der Waals surface area contributed by atoms with E-state index in [-0.39, 0.29) is 5.91 Å². The third-order valence-corrected chi connectivity index (χ3v) is 3.61. The van der Waals surface area contributed by atoms with Gasteiger partial charge in [0.15, 0.2) is 0 Å². The summed E-state index contributed by atoms with van der Waals surface area (Å²) in [6, 6.07) is 10.7. The molecule has 3 nitrogen and oxygen atoms in total. The van der Waals surface area contributed by atoms with E-state index in [0.29, 0.717) is 22.8 Å². The highest BCUT2D eigenvalue weighted by Crippen LogP contribution is 2.36. The Morgan fingerprint density at radius 2 is 2.05 bits per heavy atom. The Balaban J connectivity index is 1.97. The Kier molecular flexibility index (Phi) is 3.20. The molecule has 2 aromatic carbocycles. The lowest BCUT2D eigenvalue weighted by molar-refractivity contribution is -0.119. The fourth-order valence-electron chi connectivity index (χ4n) is 2.42. The number of carbonyl (C=O) groups excluding carboxylic acids is 1. The van der Waals surface area contributed by atoms with E-state index in [1.165, 1.54) is 12.1 Å². The molecule has 2 N–H and O–H groups in total. The van der Waals surface area contributed by atoms with Crippen molar-refractivity contribution in [3.63, 3.8) is 0 Å². The van der Waals surface area contributed by atoms with Crippen LogP contribution in [0.5, 0.6) is 0 Å².